The number of rotatable bonds is 7. The van der Waals surface area contributed by atoms with Crippen molar-refractivity contribution in [2.75, 3.05) is 55.9 Å². The molecule has 3 aromatic rings. The smallest absolute Gasteiger partial charge is 0.324 e. The van der Waals surface area contributed by atoms with E-state index in [2.05, 4.69) is 54.7 Å². The third-order valence-electron chi connectivity index (χ3n) is 5.49. The van der Waals surface area contributed by atoms with Crippen molar-refractivity contribution in [2.45, 2.75) is 6.54 Å². The van der Waals surface area contributed by atoms with Crippen LogP contribution in [0.25, 0.3) is 0 Å². The summed E-state index contributed by atoms with van der Waals surface area (Å²) in [6, 6.07) is 17.1. The molecule has 1 fully saturated rings. The predicted molar refractivity (Wildman–Crippen MR) is 128 cm³/mol. The SMILES string of the molecule is COc1cccc(NC(=O)Nc2cc(N3CCN(Cc4ccccc4)CC3)ncn2)c1OC. The Morgan fingerprint density at radius 3 is 2.45 bits per heavy atom. The number of urea groups is 1. The Kier molecular flexibility index (Phi) is 7.21. The maximum Gasteiger partial charge on any atom is 0.324 e. The molecule has 172 valence electrons. The molecule has 2 heterocycles. The molecule has 0 spiro atoms. The number of amides is 2. The average molecular weight is 449 g/mol. The minimum Gasteiger partial charge on any atom is -0.493 e. The van der Waals surface area contributed by atoms with Crippen molar-refractivity contribution in [1.82, 2.24) is 14.9 Å². The van der Waals surface area contributed by atoms with E-state index in [1.54, 1.807) is 31.4 Å². The fourth-order valence-electron chi connectivity index (χ4n) is 3.82. The molecule has 1 aliphatic heterocycles. The maximum absolute atomic E-state index is 12.6. The van der Waals surface area contributed by atoms with Gasteiger partial charge in [-0.25, -0.2) is 14.8 Å². The number of methoxy groups -OCH3 is 2. The van der Waals surface area contributed by atoms with Crippen molar-refractivity contribution in [3.05, 3.63) is 66.5 Å². The van der Waals surface area contributed by atoms with Crippen molar-refractivity contribution in [3.63, 3.8) is 0 Å². The summed E-state index contributed by atoms with van der Waals surface area (Å²) in [6.07, 6.45) is 1.47. The van der Waals surface area contributed by atoms with Gasteiger partial charge in [0.2, 0.25) is 0 Å². The zero-order valence-electron chi connectivity index (χ0n) is 18.8. The molecule has 2 amide bonds. The molecule has 1 aliphatic rings. The molecule has 1 aromatic heterocycles. The second-order valence-electron chi connectivity index (χ2n) is 7.63. The van der Waals surface area contributed by atoms with Gasteiger partial charge in [0.05, 0.1) is 19.9 Å². The Morgan fingerprint density at radius 2 is 1.73 bits per heavy atom. The number of benzene rings is 2. The second kappa shape index (κ2) is 10.6. The largest absolute Gasteiger partial charge is 0.493 e. The van der Waals surface area contributed by atoms with Crippen molar-refractivity contribution in [3.8, 4) is 11.5 Å². The lowest BCUT2D eigenvalue weighted by molar-refractivity contribution is 0.249. The second-order valence-corrected chi connectivity index (χ2v) is 7.63. The summed E-state index contributed by atoms with van der Waals surface area (Å²) in [5.41, 5.74) is 1.82. The van der Waals surface area contributed by atoms with E-state index in [1.165, 1.54) is 19.0 Å². The fourth-order valence-corrected chi connectivity index (χ4v) is 3.82. The molecule has 0 unspecified atom stereocenters. The molecular weight excluding hydrogens is 420 g/mol. The van der Waals surface area contributed by atoms with Crippen LogP contribution in [0.2, 0.25) is 0 Å². The topological polar surface area (TPSA) is 91.9 Å². The number of carbonyl (C=O) groups excluding carboxylic acids is 1. The third kappa shape index (κ3) is 5.69. The number of carbonyl (C=O) groups is 1. The number of hydrogen-bond donors (Lipinski definition) is 2. The maximum atomic E-state index is 12.6. The standard InChI is InChI=1S/C24H28N6O3/c1-32-20-10-6-9-19(23(20)33-2)27-24(31)28-21-15-22(26-17-25-21)30-13-11-29(12-14-30)16-18-7-4-3-5-8-18/h3-10,15,17H,11-14,16H2,1-2H3,(H2,25,26,27,28,31). The van der Waals surface area contributed by atoms with Gasteiger partial charge in [-0.2, -0.15) is 0 Å². The normalized spacial score (nSPS) is 13.9. The molecule has 4 rings (SSSR count). The molecule has 2 N–H and O–H groups in total. The Hall–Kier alpha value is -3.85. The zero-order chi connectivity index (χ0) is 23.0. The van der Waals surface area contributed by atoms with E-state index in [4.69, 9.17) is 9.47 Å². The number of nitrogens with one attached hydrogen (secondary N) is 2. The summed E-state index contributed by atoms with van der Waals surface area (Å²) in [6.45, 7) is 4.54. The van der Waals surface area contributed by atoms with Gasteiger partial charge in [-0.3, -0.25) is 10.2 Å². The lowest BCUT2D eigenvalue weighted by atomic mass is 10.2. The van der Waals surface area contributed by atoms with Crippen LogP contribution in [0, 0.1) is 0 Å². The molecule has 0 bridgehead atoms. The molecule has 2 aromatic carbocycles. The van der Waals surface area contributed by atoms with Gasteiger partial charge >= 0.3 is 6.03 Å². The molecule has 9 heteroatoms. The van der Waals surface area contributed by atoms with E-state index >= 15 is 0 Å². The van der Waals surface area contributed by atoms with Crippen LogP contribution >= 0.6 is 0 Å². The van der Waals surface area contributed by atoms with Crippen molar-refractivity contribution in [2.24, 2.45) is 0 Å². The first-order valence-corrected chi connectivity index (χ1v) is 10.8. The van der Waals surface area contributed by atoms with Crippen LogP contribution in [-0.4, -0.2) is 61.3 Å². The molecule has 33 heavy (non-hydrogen) atoms. The summed E-state index contributed by atoms with van der Waals surface area (Å²) in [4.78, 5) is 25.8. The predicted octanol–water partition coefficient (Wildman–Crippen LogP) is 3.46. The summed E-state index contributed by atoms with van der Waals surface area (Å²) >= 11 is 0. The van der Waals surface area contributed by atoms with E-state index in [0.717, 1.165) is 38.5 Å². The number of aromatic nitrogens is 2. The van der Waals surface area contributed by atoms with Gasteiger partial charge in [-0.1, -0.05) is 36.4 Å². The lowest BCUT2D eigenvalue weighted by Gasteiger charge is -2.35. The monoisotopic (exact) mass is 448 g/mol. The Bertz CT molecular complexity index is 1070. The molecule has 0 atom stereocenters. The molecule has 0 radical (unpaired) electrons. The fraction of sp³-hybridized carbons (Fsp3) is 0.292. The Labute approximate surface area is 193 Å². The van der Waals surface area contributed by atoms with E-state index in [1.807, 2.05) is 6.07 Å². The van der Waals surface area contributed by atoms with Gasteiger partial charge in [0, 0.05) is 38.8 Å². The quantitative estimate of drug-likeness (QED) is 0.572. The van der Waals surface area contributed by atoms with Crippen LogP contribution in [-0.2, 0) is 6.54 Å². The Balaban J connectivity index is 1.34. The van der Waals surface area contributed by atoms with Crippen molar-refractivity contribution < 1.29 is 14.3 Å². The summed E-state index contributed by atoms with van der Waals surface area (Å²) in [5.74, 6) is 2.20. The number of piperazine rings is 1. The van der Waals surface area contributed by atoms with Crippen LogP contribution in [0.5, 0.6) is 11.5 Å². The minimum absolute atomic E-state index is 0.422. The van der Waals surface area contributed by atoms with Crippen LogP contribution in [0.4, 0.5) is 22.1 Å². The van der Waals surface area contributed by atoms with Crippen LogP contribution in [0.1, 0.15) is 5.56 Å². The first-order chi connectivity index (χ1) is 16.2. The number of nitrogens with zero attached hydrogens (tertiary/aromatic N) is 4. The molecule has 0 saturated carbocycles. The number of anilines is 3. The van der Waals surface area contributed by atoms with E-state index < -0.39 is 6.03 Å². The summed E-state index contributed by atoms with van der Waals surface area (Å²) in [7, 11) is 3.07. The van der Waals surface area contributed by atoms with Crippen molar-refractivity contribution in [1.29, 1.82) is 0 Å². The third-order valence-corrected chi connectivity index (χ3v) is 5.49. The zero-order valence-corrected chi connectivity index (χ0v) is 18.8. The summed E-state index contributed by atoms with van der Waals surface area (Å²) in [5, 5.41) is 5.54. The number of hydrogen-bond acceptors (Lipinski definition) is 7. The van der Waals surface area contributed by atoms with Crippen molar-refractivity contribution >= 4 is 23.4 Å². The van der Waals surface area contributed by atoms with Gasteiger partial charge < -0.3 is 19.7 Å². The minimum atomic E-state index is -0.432. The van der Waals surface area contributed by atoms with Gasteiger partial charge in [-0.15, -0.1) is 0 Å². The van der Waals surface area contributed by atoms with Crippen LogP contribution in [0.15, 0.2) is 60.9 Å². The van der Waals surface area contributed by atoms with Gasteiger partial charge in [0.25, 0.3) is 0 Å². The number of ether oxygens (including phenoxy) is 2. The molecular formula is C24H28N6O3. The first-order valence-electron chi connectivity index (χ1n) is 10.8. The van der Waals surface area contributed by atoms with E-state index in [0.29, 0.717) is 23.0 Å². The molecule has 0 aliphatic carbocycles. The highest BCUT2D eigenvalue weighted by Crippen LogP contribution is 2.34. The highest BCUT2D eigenvalue weighted by molar-refractivity contribution is 6.00. The Morgan fingerprint density at radius 1 is 0.939 bits per heavy atom. The molecule has 1 saturated heterocycles. The van der Waals surface area contributed by atoms with Gasteiger partial charge in [0.15, 0.2) is 11.5 Å². The van der Waals surface area contributed by atoms with Crippen LogP contribution in [0.3, 0.4) is 0 Å². The van der Waals surface area contributed by atoms with Crippen LogP contribution < -0.4 is 25.0 Å². The van der Waals surface area contributed by atoms with E-state index in [9.17, 15) is 4.79 Å². The van der Waals surface area contributed by atoms with Gasteiger partial charge in [0.1, 0.15) is 18.0 Å². The highest BCUT2D eigenvalue weighted by atomic mass is 16.5. The van der Waals surface area contributed by atoms with Gasteiger partial charge in [-0.05, 0) is 17.7 Å². The lowest BCUT2D eigenvalue weighted by Crippen LogP contribution is -2.46. The average Bonchev–Trinajstić information content (AvgIpc) is 2.85. The first kappa shape index (κ1) is 22.3. The van der Waals surface area contributed by atoms with E-state index in [-0.39, 0.29) is 0 Å². The highest BCUT2D eigenvalue weighted by Gasteiger charge is 2.19. The summed E-state index contributed by atoms with van der Waals surface area (Å²) < 4.78 is 10.6. The molecule has 9 nitrogen and oxygen atoms in total. The number of para-hydroxylation sites is 1.